The molecule has 3 heterocycles. The molecule has 7 nitrogen and oxygen atoms in total. The van der Waals surface area contributed by atoms with Gasteiger partial charge in [0, 0.05) is 25.4 Å². The summed E-state index contributed by atoms with van der Waals surface area (Å²) in [6, 6.07) is 10.1. The van der Waals surface area contributed by atoms with Crippen LogP contribution in [0.25, 0.3) is 5.65 Å². The third-order valence-electron chi connectivity index (χ3n) is 4.60. The van der Waals surface area contributed by atoms with Crippen molar-refractivity contribution in [3.8, 4) is 5.75 Å². The number of carbonyl (C=O) groups excluding carboxylic acids is 1. The second-order valence-corrected chi connectivity index (χ2v) is 6.78. The number of aryl methyl sites for hydroxylation is 1. The fraction of sp³-hybridized carbons (Fsp3) is 0.190. The molecular weight excluding hydrogens is 394 g/mol. The van der Waals surface area contributed by atoms with Crippen LogP contribution in [0.5, 0.6) is 5.75 Å². The largest absolute Gasteiger partial charge is 0.482 e. The summed E-state index contributed by atoms with van der Waals surface area (Å²) in [6.07, 6.45) is 1.89. The number of hydrogen-bond donors (Lipinski definition) is 0. The second-order valence-electron chi connectivity index (χ2n) is 6.78. The van der Waals surface area contributed by atoms with Gasteiger partial charge in [-0.25, -0.2) is 13.8 Å². The van der Waals surface area contributed by atoms with Gasteiger partial charge in [-0.1, -0.05) is 11.2 Å². The summed E-state index contributed by atoms with van der Waals surface area (Å²) in [5.74, 6) is -1.75. The standard InChI is InChI=1S/C21H18F2N4O3/c1-13-18(27-8-4-3-5-20(27)24-13)11-26(2)21(28)17-10-15(30-25-17)12-29-19-7-6-14(22)9-16(19)23/h3-10H,11-12H2,1-2H3. The summed E-state index contributed by atoms with van der Waals surface area (Å²) in [7, 11) is 1.66. The van der Waals surface area contributed by atoms with E-state index in [-0.39, 0.29) is 29.7 Å². The number of fused-ring (bicyclic) bond motifs is 1. The van der Waals surface area contributed by atoms with Crippen molar-refractivity contribution < 1.29 is 22.8 Å². The Bertz CT molecular complexity index is 1220. The number of rotatable bonds is 6. The van der Waals surface area contributed by atoms with E-state index in [0.717, 1.165) is 29.2 Å². The third-order valence-corrected chi connectivity index (χ3v) is 4.60. The highest BCUT2D eigenvalue weighted by Gasteiger charge is 2.20. The van der Waals surface area contributed by atoms with E-state index in [4.69, 9.17) is 9.26 Å². The van der Waals surface area contributed by atoms with E-state index in [9.17, 15) is 13.6 Å². The van der Waals surface area contributed by atoms with Gasteiger partial charge < -0.3 is 18.6 Å². The fourth-order valence-corrected chi connectivity index (χ4v) is 3.07. The van der Waals surface area contributed by atoms with Crippen LogP contribution in [0.2, 0.25) is 0 Å². The van der Waals surface area contributed by atoms with E-state index in [1.165, 1.54) is 17.0 Å². The van der Waals surface area contributed by atoms with Crippen LogP contribution in [-0.4, -0.2) is 32.4 Å². The predicted molar refractivity (Wildman–Crippen MR) is 103 cm³/mol. The average molecular weight is 412 g/mol. The van der Waals surface area contributed by atoms with E-state index in [0.29, 0.717) is 6.54 Å². The number of carbonyl (C=O) groups is 1. The van der Waals surface area contributed by atoms with Crippen LogP contribution >= 0.6 is 0 Å². The molecule has 1 aromatic carbocycles. The molecule has 30 heavy (non-hydrogen) atoms. The molecule has 0 bridgehead atoms. The zero-order valence-electron chi connectivity index (χ0n) is 16.3. The van der Waals surface area contributed by atoms with E-state index >= 15 is 0 Å². The summed E-state index contributed by atoms with van der Waals surface area (Å²) in [5.41, 5.74) is 2.62. The molecule has 0 aliphatic heterocycles. The molecule has 0 aliphatic carbocycles. The number of amides is 1. The molecule has 154 valence electrons. The van der Waals surface area contributed by atoms with E-state index in [2.05, 4.69) is 10.1 Å². The van der Waals surface area contributed by atoms with Gasteiger partial charge in [-0.3, -0.25) is 4.79 Å². The molecule has 0 fully saturated rings. The Balaban J connectivity index is 1.43. The summed E-state index contributed by atoms with van der Waals surface area (Å²) >= 11 is 0. The maximum atomic E-state index is 13.6. The lowest BCUT2D eigenvalue weighted by molar-refractivity contribution is 0.0772. The van der Waals surface area contributed by atoms with Crippen molar-refractivity contribution in [2.24, 2.45) is 0 Å². The predicted octanol–water partition coefficient (Wildman–Crippen LogP) is 3.76. The molecule has 0 aliphatic rings. The Morgan fingerprint density at radius 3 is 2.87 bits per heavy atom. The maximum Gasteiger partial charge on any atom is 0.276 e. The van der Waals surface area contributed by atoms with Crippen molar-refractivity contribution >= 4 is 11.6 Å². The van der Waals surface area contributed by atoms with E-state index < -0.39 is 11.6 Å². The first-order valence-electron chi connectivity index (χ1n) is 9.14. The van der Waals surface area contributed by atoms with Crippen LogP contribution in [0.1, 0.15) is 27.6 Å². The average Bonchev–Trinajstić information content (AvgIpc) is 3.31. The number of aromatic nitrogens is 3. The van der Waals surface area contributed by atoms with Gasteiger partial charge in [0.25, 0.3) is 5.91 Å². The Morgan fingerprint density at radius 2 is 2.07 bits per heavy atom. The first-order valence-corrected chi connectivity index (χ1v) is 9.14. The number of hydrogen-bond acceptors (Lipinski definition) is 5. The third kappa shape index (κ3) is 3.86. The first kappa shape index (κ1) is 19.6. The fourth-order valence-electron chi connectivity index (χ4n) is 3.07. The summed E-state index contributed by atoms with van der Waals surface area (Å²) in [5, 5.41) is 3.78. The van der Waals surface area contributed by atoms with Crippen molar-refractivity contribution in [3.05, 3.63) is 83.1 Å². The van der Waals surface area contributed by atoms with Gasteiger partial charge >= 0.3 is 0 Å². The highest BCUT2D eigenvalue weighted by Crippen LogP contribution is 2.20. The highest BCUT2D eigenvalue weighted by molar-refractivity contribution is 5.92. The molecule has 4 aromatic rings. The van der Waals surface area contributed by atoms with Crippen molar-refractivity contribution in [1.29, 1.82) is 0 Å². The monoisotopic (exact) mass is 412 g/mol. The number of benzene rings is 1. The molecule has 0 saturated heterocycles. The van der Waals surface area contributed by atoms with E-state index in [1.54, 1.807) is 7.05 Å². The maximum absolute atomic E-state index is 13.6. The van der Waals surface area contributed by atoms with Crippen LogP contribution in [0.4, 0.5) is 8.78 Å². The van der Waals surface area contributed by atoms with Crippen LogP contribution < -0.4 is 4.74 Å². The zero-order chi connectivity index (χ0) is 21.3. The van der Waals surface area contributed by atoms with Gasteiger partial charge in [-0.15, -0.1) is 0 Å². The number of ether oxygens (including phenoxy) is 1. The van der Waals surface area contributed by atoms with Crippen molar-refractivity contribution in [3.63, 3.8) is 0 Å². The molecule has 0 N–H and O–H groups in total. The molecule has 0 unspecified atom stereocenters. The van der Waals surface area contributed by atoms with Gasteiger partial charge in [0.15, 0.2) is 23.0 Å². The number of nitrogens with zero attached hydrogens (tertiary/aromatic N) is 4. The minimum atomic E-state index is -0.825. The lowest BCUT2D eigenvalue weighted by atomic mass is 10.3. The Hall–Kier alpha value is -3.75. The van der Waals surface area contributed by atoms with E-state index in [1.807, 2.05) is 35.7 Å². The van der Waals surface area contributed by atoms with Crippen LogP contribution in [0, 0.1) is 18.6 Å². The second kappa shape index (κ2) is 7.94. The minimum Gasteiger partial charge on any atom is -0.482 e. The van der Waals surface area contributed by atoms with Crippen molar-refractivity contribution in [2.75, 3.05) is 7.05 Å². The highest BCUT2D eigenvalue weighted by atomic mass is 19.1. The lowest BCUT2D eigenvalue weighted by Crippen LogP contribution is -2.27. The van der Waals surface area contributed by atoms with Crippen molar-refractivity contribution in [1.82, 2.24) is 19.4 Å². The zero-order valence-corrected chi connectivity index (χ0v) is 16.3. The summed E-state index contributed by atoms with van der Waals surface area (Å²) in [4.78, 5) is 18.7. The quantitative estimate of drug-likeness (QED) is 0.482. The molecule has 3 aromatic heterocycles. The molecule has 0 radical (unpaired) electrons. The SMILES string of the molecule is Cc1nc2ccccn2c1CN(C)C(=O)c1cc(COc2ccc(F)cc2F)on1. The molecule has 0 atom stereocenters. The summed E-state index contributed by atoms with van der Waals surface area (Å²) < 4.78 is 38.9. The van der Waals surface area contributed by atoms with Crippen LogP contribution in [-0.2, 0) is 13.2 Å². The lowest BCUT2D eigenvalue weighted by Gasteiger charge is -2.15. The van der Waals surface area contributed by atoms with Crippen LogP contribution in [0.15, 0.2) is 53.2 Å². The van der Waals surface area contributed by atoms with Gasteiger partial charge in [0.2, 0.25) is 0 Å². The Labute approximate surface area is 170 Å². The van der Waals surface area contributed by atoms with Gasteiger partial charge in [0.1, 0.15) is 18.1 Å². The van der Waals surface area contributed by atoms with Crippen LogP contribution in [0.3, 0.4) is 0 Å². The topological polar surface area (TPSA) is 72.9 Å². The smallest absolute Gasteiger partial charge is 0.276 e. The molecule has 4 rings (SSSR count). The molecule has 1 amide bonds. The van der Waals surface area contributed by atoms with Gasteiger partial charge in [-0.05, 0) is 31.2 Å². The first-order chi connectivity index (χ1) is 14.4. The molecule has 0 spiro atoms. The number of imidazole rings is 1. The van der Waals surface area contributed by atoms with Crippen molar-refractivity contribution in [2.45, 2.75) is 20.1 Å². The molecule has 9 heteroatoms. The number of pyridine rings is 1. The Kier molecular flexibility index (Phi) is 5.18. The summed E-state index contributed by atoms with van der Waals surface area (Å²) in [6.45, 7) is 2.06. The molecular formula is C21H18F2N4O3. The normalized spacial score (nSPS) is 11.1. The number of halogens is 2. The van der Waals surface area contributed by atoms with Gasteiger partial charge in [0.05, 0.1) is 17.9 Å². The molecule has 0 saturated carbocycles. The minimum absolute atomic E-state index is 0.0992. The van der Waals surface area contributed by atoms with Gasteiger partial charge in [-0.2, -0.15) is 0 Å². The Morgan fingerprint density at radius 1 is 1.23 bits per heavy atom.